The van der Waals surface area contributed by atoms with Crippen molar-refractivity contribution in [1.29, 1.82) is 0 Å². The topological polar surface area (TPSA) is 153 Å². The van der Waals surface area contributed by atoms with Crippen LogP contribution in [0.5, 0.6) is 11.5 Å². The lowest BCUT2D eigenvalue weighted by molar-refractivity contribution is -0.116. The minimum absolute atomic E-state index is 0.0711. The zero-order valence-corrected chi connectivity index (χ0v) is 31.1. The molecule has 1 aliphatic heterocycles. The Morgan fingerprint density at radius 1 is 0.927 bits per heavy atom. The first-order chi connectivity index (χ1) is 26.8. The Bertz CT molecular complexity index is 2300. The highest BCUT2D eigenvalue weighted by atomic mass is 35.5. The third-order valence-corrected chi connectivity index (χ3v) is 9.00. The standard InChI is InChI=1S/C42H39ClFN7O4/c1-54-35-10-6-9-34(44)38(35)40-33-22-28(43)14-18-31(33)39-27(24-47-40)25-48-42(51-39)50-30-17-19-32(36(23-30)55-2)41(53)46-21-5-3-4-11-37(52)49-29-15-12-26(13-16-29)8-7-20-45/h6,9-10,12-19,22-23,25H,3-5,11,20-21,24,45H2,1-2H3,(H,46,53)(H,49,52)(H,48,50,51). The summed E-state index contributed by atoms with van der Waals surface area (Å²) in [6, 6.07) is 22.3. The van der Waals surface area contributed by atoms with E-state index in [0.717, 1.165) is 17.5 Å². The zero-order valence-electron chi connectivity index (χ0n) is 30.3. The Morgan fingerprint density at radius 2 is 1.73 bits per heavy atom. The second kappa shape index (κ2) is 18.2. The average molecular weight is 760 g/mol. The number of benzene rings is 4. The van der Waals surface area contributed by atoms with Gasteiger partial charge in [-0.2, -0.15) is 0 Å². The van der Waals surface area contributed by atoms with Crippen LogP contribution in [-0.4, -0.2) is 54.8 Å². The fraction of sp³-hybridized carbons (Fsp3) is 0.214. The monoisotopic (exact) mass is 759 g/mol. The van der Waals surface area contributed by atoms with Crippen LogP contribution in [-0.2, 0) is 11.3 Å². The lowest BCUT2D eigenvalue weighted by Crippen LogP contribution is -2.25. The molecule has 0 unspecified atom stereocenters. The highest BCUT2D eigenvalue weighted by Crippen LogP contribution is 2.36. The van der Waals surface area contributed by atoms with Gasteiger partial charge in [-0.3, -0.25) is 14.6 Å². The van der Waals surface area contributed by atoms with Gasteiger partial charge < -0.3 is 31.2 Å². The first kappa shape index (κ1) is 38.4. The molecule has 2 amide bonds. The number of nitrogens with two attached hydrogens (primary N) is 1. The van der Waals surface area contributed by atoms with Crippen molar-refractivity contribution in [3.05, 3.63) is 124 Å². The Balaban J connectivity index is 1.06. The van der Waals surface area contributed by atoms with Gasteiger partial charge >= 0.3 is 0 Å². The molecule has 280 valence electrons. The van der Waals surface area contributed by atoms with Crippen LogP contribution in [0.3, 0.4) is 0 Å². The van der Waals surface area contributed by atoms with Gasteiger partial charge in [0.25, 0.3) is 5.91 Å². The van der Waals surface area contributed by atoms with Gasteiger partial charge in [0.2, 0.25) is 11.9 Å². The number of nitrogens with one attached hydrogen (secondary N) is 3. The van der Waals surface area contributed by atoms with E-state index < -0.39 is 5.82 Å². The van der Waals surface area contributed by atoms with Crippen molar-refractivity contribution in [2.75, 3.05) is 37.9 Å². The summed E-state index contributed by atoms with van der Waals surface area (Å²) in [5, 5.41) is 9.49. The van der Waals surface area contributed by atoms with Crippen molar-refractivity contribution >= 4 is 46.5 Å². The van der Waals surface area contributed by atoms with Crippen LogP contribution in [0.4, 0.5) is 21.7 Å². The van der Waals surface area contributed by atoms with Gasteiger partial charge in [-0.15, -0.1) is 0 Å². The molecule has 0 spiro atoms. The van der Waals surface area contributed by atoms with E-state index >= 15 is 4.39 Å². The van der Waals surface area contributed by atoms with Gasteiger partial charge in [0.05, 0.1) is 49.8 Å². The maximum absolute atomic E-state index is 15.3. The summed E-state index contributed by atoms with van der Waals surface area (Å²) in [4.78, 5) is 39.6. The molecule has 0 radical (unpaired) electrons. The number of nitrogens with zero attached hydrogens (tertiary/aromatic N) is 3. The molecule has 55 heavy (non-hydrogen) atoms. The number of carbonyl (C=O) groups excluding carboxylic acids is 2. The van der Waals surface area contributed by atoms with Crippen molar-refractivity contribution < 1.29 is 23.5 Å². The fourth-order valence-electron chi connectivity index (χ4n) is 6.09. The molecule has 0 aliphatic carbocycles. The summed E-state index contributed by atoms with van der Waals surface area (Å²) in [6.07, 6.45) is 4.21. The predicted octanol–water partition coefficient (Wildman–Crippen LogP) is 7.29. The number of aliphatic imine (C=N–C) groups is 1. The molecule has 0 fully saturated rings. The molecule has 0 saturated carbocycles. The van der Waals surface area contributed by atoms with Gasteiger partial charge in [0, 0.05) is 63.9 Å². The number of rotatable bonds is 13. The highest BCUT2D eigenvalue weighted by molar-refractivity contribution is 6.31. The third-order valence-electron chi connectivity index (χ3n) is 8.77. The van der Waals surface area contributed by atoms with Crippen LogP contribution < -0.4 is 31.2 Å². The van der Waals surface area contributed by atoms with E-state index in [1.165, 1.54) is 20.3 Å². The minimum atomic E-state index is -0.472. The molecule has 5 aromatic rings. The van der Waals surface area contributed by atoms with Crippen molar-refractivity contribution in [2.24, 2.45) is 10.7 Å². The van der Waals surface area contributed by atoms with Crippen molar-refractivity contribution in [3.63, 3.8) is 0 Å². The Kier molecular flexibility index (Phi) is 12.7. The molecule has 0 bridgehead atoms. The number of anilines is 3. The van der Waals surface area contributed by atoms with Gasteiger partial charge in [0.1, 0.15) is 17.3 Å². The number of aromatic nitrogens is 2. The number of fused-ring (bicyclic) bond motifs is 3. The second-order valence-electron chi connectivity index (χ2n) is 12.5. The van der Waals surface area contributed by atoms with Crippen LogP contribution in [0.2, 0.25) is 5.02 Å². The summed E-state index contributed by atoms with van der Waals surface area (Å²) in [5.74, 6) is 5.94. The summed E-state index contributed by atoms with van der Waals surface area (Å²) in [5.41, 5.74) is 11.2. The summed E-state index contributed by atoms with van der Waals surface area (Å²) >= 11 is 6.44. The molecule has 11 nitrogen and oxygen atoms in total. The molecule has 1 aromatic heterocycles. The average Bonchev–Trinajstić information content (AvgIpc) is 3.34. The predicted molar refractivity (Wildman–Crippen MR) is 213 cm³/mol. The van der Waals surface area contributed by atoms with Crippen molar-refractivity contribution in [3.8, 4) is 34.6 Å². The normalized spacial score (nSPS) is 11.5. The number of ether oxygens (including phenoxy) is 2. The summed E-state index contributed by atoms with van der Waals surface area (Å²) < 4.78 is 26.3. The molecule has 4 aromatic carbocycles. The SMILES string of the molecule is COc1cc(Nc2ncc3c(n2)-c2ccc(Cl)cc2C(c2c(F)cccc2OC)=NC3)ccc1C(=O)NCCCCCC(=O)Nc1ccc(C#CCN)cc1. The van der Waals surface area contributed by atoms with Gasteiger partial charge in [-0.05, 0) is 73.5 Å². The molecule has 0 atom stereocenters. The molecule has 5 N–H and O–H groups in total. The summed E-state index contributed by atoms with van der Waals surface area (Å²) in [6.45, 7) is 0.935. The summed E-state index contributed by atoms with van der Waals surface area (Å²) in [7, 11) is 2.98. The molecule has 0 saturated heterocycles. The maximum atomic E-state index is 15.3. The van der Waals surface area contributed by atoms with E-state index in [0.29, 0.717) is 94.3 Å². The van der Waals surface area contributed by atoms with E-state index in [1.807, 2.05) is 30.3 Å². The molecular weight excluding hydrogens is 721 g/mol. The quantitative estimate of drug-likeness (QED) is 0.0722. The van der Waals surface area contributed by atoms with E-state index in [9.17, 15) is 9.59 Å². The van der Waals surface area contributed by atoms with Crippen LogP contribution in [0.15, 0.2) is 90.1 Å². The van der Waals surface area contributed by atoms with Crippen LogP contribution in [0.25, 0.3) is 11.3 Å². The van der Waals surface area contributed by atoms with Crippen molar-refractivity contribution in [2.45, 2.75) is 32.2 Å². The molecule has 6 rings (SSSR count). The van der Waals surface area contributed by atoms with E-state index in [2.05, 4.69) is 32.8 Å². The number of hydrogen-bond donors (Lipinski definition) is 4. The number of carbonyl (C=O) groups is 2. The van der Waals surface area contributed by atoms with Crippen LogP contribution in [0.1, 0.15) is 58.3 Å². The number of halogens is 2. The minimum Gasteiger partial charge on any atom is -0.496 e. The lowest BCUT2D eigenvalue weighted by atomic mass is 9.94. The van der Waals surface area contributed by atoms with E-state index in [4.69, 9.17) is 36.8 Å². The first-order valence-electron chi connectivity index (χ1n) is 17.6. The largest absolute Gasteiger partial charge is 0.496 e. The molecular formula is C42H39ClFN7O4. The van der Waals surface area contributed by atoms with Crippen LogP contribution >= 0.6 is 11.6 Å². The molecule has 13 heteroatoms. The fourth-order valence-corrected chi connectivity index (χ4v) is 6.26. The second-order valence-corrected chi connectivity index (χ2v) is 12.9. The lowest BCUT2D eigenvalue weighted by Gasteiger charge is -2.15. The zero-order chi connectivity index (χ0) is 38.7. The Hall–Kier alpha value is -6.29. The van der Waals surface area contributed by atoms with Gasteiger partial charge in [-0.25, -0.2) is 14.4 Å². The maximum Gasteiger partial charge on any atom is 0.255 e. The molecule has 1 aliphatic rings. The Morgan fingerprint density at radius 3 is 2.51 bits per heavy atom. The van der Waals surface area contributed by atoms with Gasteiger partial charge in [0.15, 0.2) is 0 Å². The van der Waals surface area contributed by atoms with E-state index in [1.54, 1.807) is 48.7 Å². The van der Waals surface area contributed by atoms with E-state index in [-0.39, 0.29) is 23.9 Å². The van der Waals surface area contributed by atoms with Crippen LogP contribution in [0, 0.1) is 17.7 Å². The third kappa shape index (κ3) is 9.45. The number of hydrogen-bond acceptors (Lipinski definition) is 9. The smallest absolute Gasteiger partial charge is 0.255 e. The molecule has 2 heterocycles. The Labute approximate surface area is 323 Å². The van der Waals surface area contributed by atoms with Gasteiger partial charge in [-0.1, -0.05) is 42.0 Å². The highest BCUT2D eigenvalue weighted by Gasteiger charge is 2.25. The number of amides is 2. The number of methoxy groups -OCH3 is 2. The number of unbranched alkanes of at least 4 members (excludes halogenated alkanes) is 2. The first-order valence-corrected chi connectivity index (χ1v) is 18.0. The van der Waals surface area contributed by atoms with Crippen molar-refractivity contribution in [1.82, 2.24) is 15.3 Å².